The fraction of sp³-hybridized carbons (Fsp3) is 0.882. The van der Waals surface area contributed by atoms with E-state index in [0.717, 1.165) is 0 Å². The van der Waals surface area contributed by atoms with Crippen molar-refractivity contribution in [3.8, 4) is 0 Å². The lowest BCUT2D eigenvalue weighted by Crippen LogP contribution is -2.44. The van der Waals surface area contributed by atoms with Gasteiger partial charge in [0.15, 0.2) is 0 Å². The molecule has 1 saturated heterocycles. The molecular weight excluding hydrogens is 284 g/mol. The van der Waals surface area contributed by atoms with Gasteiger partial charge in [0.05, 0.1) is 10.7 Å². The number of aliphatic hydroxyl groups excluding tert-OH is 1. The highest BCUT2D eigenvalue weighted by molar-refractivity contribution is 8.19. The van der Waals surface area contributed by atoms with E-state index in [1.165, 1.54) is 50.0 Å². The number of fused-ring (bicyclic) bond motifs is 1. The smallest absolute Gasteiger partial charge is 0.0820 e. The van der Waals surface area contributed by atoms with E-state index in [1.807, 2.05) is 0 Å². The number of aliphatic hydroxyl groups is 1. The molecule has 1 heterocycles. The number of hydrogen-bond acceptors (Lipinski definition) is 3. The zero-order valence-corrected chi connectivity index (χ0v) is 14.8. The fourth-order valence-electron chi connectivity index (χ4n) is 4.30. The molecule has 1 aliphatic heterocycles. The Labute approximate surface area is 132 Å². The van der Waals surface area contributed by atoms with Crippen LogP contribution in [-0.4, -0.2) is 27.3 Å². The van der Waals surface area contributed by atoms with Crippen LogP contribution in [0.1, 0.15) is 59.3 Å². The molecule has 1 spiro atoms. The molecule has 20 heavy (non-hydrogen) atoms. The molecular formula is C17H28OS2. The lowest BCUT2D eigenvalue weighted by Gasteiger charge is -2.53. The molecule has 0 bridgehead atoms. The van der Waals surface area contributed by atoms with Crippen molar-refractivity contribution in [1.82, 2.24) is 0 Å². The predicted molar refractivity (Wildman–Crippen MR) is 91.3 cm³/mol. The Hall–Kier alpha value is 0.400. The van der Waals surface area contributed by atoms with Crippen LogP contribution in [0, 0.1) is 10.8 Å². The van der Waals surface area contributed by atoms with Crippen molar-refractivity contribution in [1.29, 1.82) is 0 Å². The van der Waals surface area contributed by atoms with Gasteiger partial charge in [0, 0.05) is 5.41 Å². The van der Waals surface area contributed by atoms with Gasteiger partial charge in [-0.1, -0.05) is 19.4 Å². The van der Waals surface area contributed by atoms with E-state index in [0.29, 0.717) is 16.1 Å². The van der Waals surface area contributed by atoms with E-state index in [9.17, 15) is 5.11 Å². The van der Waals surface area contributed by atoms with Crippen molar-refractivity contribution >= 4 is 23.5 Å². The molecule has 1 N–H and O–H groups in total. The summed E-state index contributed by atoms with van der Waals surface area (Å²) in [4.78, 5) is 0. The third kappa shape index (κ3) is 2.38. The van der Waals surface area contributed by atoms with Crippen molar-refractivity contribution in [2.24, 2.45) is 10.8 Å². The Morgan fingerprint density at radius 2 is 1.70 bits per heavy atom. The summed E-state index contributed by atoms with van der Waals surface area (Å²) in [6.07, 6.45) is 7.47. The van der Waals surface area contributed by atoms with Crippen LogP contribution in [0.4, 0.5) is 0 Å². The van der Waals surface area contributed by atoms with Crippen LogP contribution in [-0.2, 0) is 0 Å². The zero-order valence-electron chi connectivity index (χ0n) is 13.1. The Balaban J connectivity index is 2.02. The predicted octanol–water partition coefficient (Wildman–Crippen LogP) is 4.85. The molecule has 0 radical (unpaired) electrons. The van der Waals surface area contributed by atoms with Gasteiger partial charge in [-0.05, 0) is 67.9 Å². The maximum atomic E-state index is 10.1. The third-order valence-corrected chi connectivity index (χ3v) is 9.44. The summed E-state index contributed by atoms with van der Waals surface area (Å²) < 4.78 is 0.347. The fourth-order valence-corrected chi connectivity index (χ4v) is 7.72. The van der Waals surface area contributed by atoms with Gasteiger partial charge < -0.3 is 5.11 Å². The van der Waals surface area contributed by atoms with Crippen LogP contribution < -0.4 is 0 Å². The lowest BCUT2D eigenvalue weighted by molar-refractivity contribution is 0.0754. The van der Waals surface area contributed by atoms with Crippen molar-refractivity contribution in [3.63, 3.8) is 0 Å². The van der Waals surface area contributed by atoms with Gasteiger partial charge in [0.1, 0.15) is 0 Å². The molecule has 0 amide bonds. The first-order valence-corrected chi connectivity index (χ1v) is 10.00. The van der Waals surface area contributed by atoms with E-state index < -0.39 is 0 Å². The van der Waals surface area contributed by atoms with Gasteiger partial charge in [-0.15, -0.1) is 23.5 Å². The van der Waals surface area contributed by atoms with Crippen molar-refractivity contribution in [2.75, 3.05) is 18.1 Å². The first-order valence-electron chi connectivity index (χ1n) is 8.03. The second kappa shape index (κ2) is 5.24. The highest BCUT2D eigenvalue weighted by Crippen LogP contribution is 2.62. The Morgan fingerprint density at radius 1 is 1.05 bits per heavy atom. The molecule has 0 aromatic carbocycles. The van der Waals surface area contributed by atoms with Gasteiger partial charge in [0.2, 0.25) is 0 Å². The largest absolute Gasteiger partial charge is 0.395 e. The summed E-state index contributed by atoms with van der Waals surface area (Å²) in [5.74, 6) is 2.63. The maximum Gasteiger partial charge on any atom is 0.0820 e. The zero-order chi connectivity index (χ0) is 14.4. The van der Waals surface area contributed by atoms with Crippen LogP contribution in [0.5, 0.6) is 0 Å². The van der Waals surface area contributed by atoms with Gasteiger partial charge in [-0.2, -0.15) is 0 Å². The average Bonchev–Trinajstić information content (AvgIpc) is 2.45. The van der Waals surface area contributed by atoms with Gasteiger partial charge in [-0.3, -0.25) is 0 Å². The van der Waals surface area contributed by atoms with Crippen LogP contribution in [0.15, 0.2) is 11.1 Å². The SMILES string of the molecule is CC1=C2CC(C)(C)CC[C@]2(CO)CCC12SCCCS2. The molecule has 3 heteroatoms. The molecule has 1 atom stereocenters. The minimum atomic E-state index is 0.128. The molecule has 0 unspecified atom stereocenters. The topological polar surface area (TPSA) is 20.2 Å². The summed E-state index contributed by atoms with van der Waals surface area (Å²) in [5, 5.41) is 10.1. The minimum absolute atomic E-state index is 0.128. The molecule has 2 fully saturated rings. The Kier molecular flexibility index (Phi) is 4.01. The minimum Gasteiger partial charge on any atom is -0.395 e. The van der Waals surface area contributed by atoms with E-state index in [1.54, 1.807) is 11.1 Å². The van der Waals surface area contributed by atoms with Crippen molar-refractivity contribution < 1.29 is 5.11 Å². The van der Waals surface area contributed by atoms with Crippen molar-refractivity contribution in [2.45, 2.75) is 63.4 Å². The second-order valence-electron chi connectivity index (χ2n) is 7.69. The van der Waals surface area contributed by atoms with Crippen LogP contribution in [0.2, 0.25) is 0 Å². The molecule has 3 aliphatic rings. The summed E-state index contributed by atoms with van der Waals surface area (Å²) in [5.41, 5.74) is 3.80. The molecule has 1 nitrogen and oxygen atoms in total. The van der Waals surface area contributed by atoms with Crippen LogP contribution in [0.25, 0.3) is 0 Å². The van der Waals surface area contributed by atoms with Gasteiger partial charge in [0.25, 0.3) is 0 Å². The Morgan fingerprint density at radius 3 is 2.35 bits per heavy atom. The van der Waals surface area contributed by atoms with E-state index >= 15 is 0 Å². The van der Waals surface area contributed by atoms with Crippen LogP contribution in [0.3, 0.4) is 0 Å². The molecule has 0 aromatic rings. The summed E-state index contributed by atoms with van der Waals surface area (Å²) >= 11 is 4.37. The highest BCUT2D eigenvalue weighted by atomic mass is 32.2. The standard InChI is InChI=1S/C17H28OS2/c1-13-14-11-15(2,3)5-6-16(14,12-18)7-8-17(13)19-9-4-10-20-17/h18H,4-12H2,1-3H3/t16-/m1/s1. The molecule has 3 rings (SSSR count). The number of rotatable bonds is 1. The summed E-state index contributed by atoms with van der Waals surface area (Å²) in [6.45, 7) is 7.54. The lowest BCUT2D eigenvalue weighted by atomic mass is 9.57. The monoisotopic (exact) mass is 312 g/mol. The quantitative estimate of drug-likeness (QED) is 0.699. The number of thioether (sulfide) groups is 2. The summed E-state index contributed by atoms with van der Waals surface area (Å²) in [7, 11) is 0. The Bertz CT molecular complexity index is 421. The number of hydrogen-bond donors (Lipinski definition) is 1. The maximum absolute atomic E-state index is 10.1. The van der Waals surface area contributed by atoms with Gasteiger partial charge in [-0.25, -0.2) is 0 Å². The normalized spacial score (nSPS) is 36.0. The molecule has 114 valence electrons. The third-order valence-electron chi connectivity index (χ3n) is 5.79. The van der Waals surface area contributed by atoms with E-state index in [4.69, 9.17) is 0 Å². The summed E-state index contributed by atoms with van der Waals surface area (Å²) in [6, 6.07) is 0. The van der Waals surface area contributed by atoms with Crippen LogP contribution >= 0.6 is 23.5 Å². The van der Waals surface area contributed by atoms with Gasteiger partial charge >= 0.3 is 0 Å². The molecule has 1 saturated carbocycles. The van der Waals surface area contributed by atoms with E-state index in [2.05, 4.69) is 44.3 Å². The first-order chi connectivity index (χ1) is 9.43. The highest BCUT2D eigenvalue weighted by Gasteiger charge is 2.51. The molecule has 0 aromatic heterocycles. The van der Waals surface area contributed by atoms with Crippen molar-refractivity contribution in [3.05, 3.63) is 11.1 Å². The first kappa shape index (κ1) is 15.3. The van der Waals surface area contributed by atoms with E-state index in [-0.39, 0.29) is 5.41 Å². The molecule has 2 aliphatic carbocycles. The second-order valence-corrected chi connectivity index (χ2v) is 10.7. The average molecular weight is 313 g/mol.